The van der Waals surface area contributed by atoms with Crippen LogP contribution in [0.5, 0.6) is 5.75 Å². The molecular formula is C11H15BrFNO3S. The molecule has 0 aliphatic rings. The molecule has 0 heterocycles. The van der Waals surface area contributed by atoms with Gasteiger partial charge in [0, 0.05) is 10.4 Å². The smallest absolute Gasteiger partial charge is 0.209 e. The summed E-state index contributed by atoms with van der Waals surface area (Å²) in [4.78, 5) is 0. The van der Waals surface area contributed by atoms with Crippen LogP contribution < -0.4 is 9.88 Å². The van der Waals surface area contributed by atoms with Gasteiger partial charge in [-0.05, 0) is 24.6 Å². The first-order chi connectivity index (χ1) is 8.31. The van der Waals surface area contributed by atoms with Crippen LogP contribution in [0.4, 0.5) is 4.39 Å². The van der Waals surface area contributed by atoms with Gasteiger partial charge >= 0.3 is 0 Å². The van der Waals surface area contributed by atoms with Crippen molar-refractivity contribution in [3.63, 3.8) is 0 Å². The minimum absolute atomic E-state index is 0.0947. The lowest BCUT2D eigenvalue weighted by molar-refractivity contribution is 0.247. The molecule has 1 unspecified atom stereocenters. The summed E-state index contributed by atoms with van der Waals surface area (Å²) in [5.41, 5.74) is 0. The second kappa shape index (κ2) is 6.49. The minimum Gasteiger partial charge on any atom is -0.490 e. The third-order valence-corrected chi connectivity index (χ3v) is 3.84. The van der Waals surface area contributed by atoms with Gasteiger partial charge in [0.05, 0.1) is 12.4 Å². The quantitative estimate of drug-likeness (QED) is 0.864. The number of halogens is 2. The molecule has 1 atom stereocenters. The zero-order chi connectivity index (χ0) is 13.8. The zero-order valence-corrected chi connectivity index (χ0v) is 12.3. The lowest BCUT2D eigenvalue weighted by Crippen LogP contribution is -2.26. The summed E-state index contributed by atoms with van der Waals surface area (Å²) in [6.07, 6.45) is 0.589. The molecule has 4 nitrogen and oxygen atoms in total. The Balaban J connectivity index is 2.65. The van der Waals surface area contributed by atoms with Crippen LogP contribution in [0.2, 0.25) is 0 Å². The fourth-order valence-electron chi connectivity index (χ4n) is 1.41. The maximum absolute atomic E-state index is 13.4. The van der Waals surface area contributed by atoms with E-state index in [2.05, 4.69) is 15.9 Å². The van der Waals surface area contributed by atoms with Crippen LogP contribution in [0.3, 0.4) is 0 Å². The summed E-state index contributed by atoms with van der Waals surface area (Å²) in [7, 11) is -3.54. The Labute approximate surface area is 115 Å². The van der Waals surface area contributed by atoms with Crippen molar-refractivity contribution in [2.24, 2.45) is 11.1 Å². The Morgan fingerprint density at radius 3 is 2.72 bits per heavy atom. The van der Waals surface area contributed by atoms with E-state index in [-0.39, 0.29) is 24.0 Å². The highest BCUT2D eigenvalue weighted by molar-refractivity contribution is 9.10. The van der Waals surface area contributed by atoms with Crippen molar-refractivity contribution in [3.05, 3.63) is 28.5 Å². The van der Waals surface area contributed by atoms with Gasteiger partial charge in [0.15, 0.2) is 11.6 Å². The predicted molar refractivity (Wildman–Crippen MR) is 71.4 cm³/mol. The standard InChI is InChI=1S/C11H15BrFNO3S/c1-2-8(7-18(14,15)16)6-17-11-5-9(12)3-4-10(11)13/h3-5,8H,2,6-7H2,1H3,(H2,14,15,16). The molecule has 0 bridgehead atoms. The number of benzene rings is 1. The van der Waals surface area contributed by atoms with Crippen molar-refractivity contribution >= 4 is 26.0 Å². The third-order valence-electron chi connectivity index (χ3n) is 2.41. The number of rotatable bonds is 6. The molecule has 0 spiro atoms. The summed E-state index contributed by atoms with van der Waals surface area (Å²) < 4.78 is 41.3. The highest BCUT2D eigenvalue weighted by Gasteiger charge is 2.16. The zero-order valence-electron chi connectivity index (χ0n) is 9.90. The van der Waals surface area contributed by atoms with E-state index in [0.717, 1.165) is 0 Å². The molecule has 0 saturated heterocycles. The van der Waals surface area contributed by atoms with Gasteiger partial charge in [-0.2, -0.15) is 0 Å². The van der Waals surface area contributed by atoms with E-state index < -0.39 is 15.8 Å². The van der Waals surface area contributed by atoms with Crippen LogP contribution in [0.15, 0.2) is 22.7 Å². The van der Waals surface area contributed by atoms with Gasteiger partial charge in [-0.25, -0.2) is 17.9 Å². The monoisotopic (exact) mass is 339 g/mol. The maximum Gasteiger partial charge on any atom is 0.209 e. The van der Waals surface area contributed by atoms with Crippen LogP contribution in [0.1, 0.15) is 13.3 Å². The third kappa shape index (κ3) is 5.32. The summed E-state index contributed by atoms with van der Waals surface area (Å²) in [5, 5.41) is 4.97. The fraction of sp³-hybridized carbons (Fsp3) is 0.455. The molecule has 7 heteroatoms. The molecule has 0 saturated carbocycles. The summed E-state index contributed by atoms with van der Waals surface area (Å²) in [6.45, 7) is 1.94. The van der Waals surface area contributed by atoms with Crippen molar-refractivity contribution in [2.75, 3.05) is 12.4 Å². The van der Waals surface area contributed by atoms with Crippen LogP contribution in [-0.2, 0) is 10.0 Å². The number of hydrogen-bond donors (Lipinski definition) is 1. The summed E-state index contributed by atoms with van der Waals surface area (Å²) >= 11 is 3.21. The normalized spacial score (nSPS) is 13.3. The molecule has 1 aromatic rings. The first kappa shape index (κ1) is 15.4. The largest absolute Gasteiger partial charge is 0.490 e. The van der Waals surface area contributed by atoms with Gasteiger partial charge in [0.1, 0.15) is 0 Å². The highest BCUT2D eigenvalue weighted by atomic mass is 79.9. The summed E-state index contributed by atoms with van der Waals surface area (Å²) in [5.74, 6) is -0.807. The van der Waals surface area contributed by atoms with Gasteiger partial charge < -0.3 is 4.74 Å². The van der Waals surface area contributed by atoms with E-state index in [1.54, 1.807) is 6.07 Å². The molecule has 2 N–H and O–H groups in total. The number of primary sulfonamides is 1. The van der Waals surface area contributed by atoms with Gasteiger partial charge in [0.25, 0.3) is 0 Å². The fourth-order valence-corrected chi connectivity index (χ4v) is 2.74. The average Bonchev–Trinajstić information content (AvgIpc) is 2.27. The molecule has 0 aromatic heterocycles. The van der Waals surface area contributed by atoms with Gasteiger partial charge in [-0.1, -0.05) is 22.9 Å². The second-order valence-corrected chi connectivity index (χ2v) is 6.56. The Kier molecular flexibility index (Phi) is 5.55. The number of nitrogens with two attached hydrogens (primary N) is 1. The topological polar surface area (TPSA) is 69.4 Å². The Morgan fingerprint density at radius 2 is 2.17 bits per heavy atom. The lowest BCUT2D eigenvalue weighted by Gasteiger charge is -2.15. The second-order valence-electron chi connectivity index (χ2n) is 3.99. The average molecular weight is 340 g/mol. The van der Waals surface area contributed by atoms with E-state index in [4.69, 9.17) is 9.88 Å². The van der Waals surface area contributed by atoms with Crippen LogP contribution in [0, 0.1) is 11.7 Å². The van der Waals surface area contributed by atoms with Crippen LogP contribution in [-0.4, -0.2) is 20.8 Å². The summed E-state index contributed by atoms with van der Waals surface area (Å²) in [6, 6.07) is 4.34. The molecule has 18 heavy (non-hydrogen) atoms. The molecule has 0 fully saturated rings. The molecule has 102 valence electrons. The van der Waals surface area contributed by atoms with Crippen molar-refractivity contribution in [2.45, 2.75) is 13.3 Å². The van der Waals surface area contributed by atoms with Gasteiger partial charge in [0.2, 0.25) is 10.0 Å². The maximum atomic E-state index is 13.4. The number of ether oxygens (including phenoxy) is 1. The molecule has 0 aliphatic carbocycles. The van der Waals surface area contributed by atoms with E-state index in [1.165, 1.54) is 12.1 Å². The Morgan fingerprint density at radius 1 is 1.50 bits per heavy atom. The van der Waals surface area contributed by atoms with Crippen molar-refractivity contribution in [1.82, 2.24) is 0 Å². The van der Waals surface area contributed by atoms with Gasteiger partial charge in [-0.3, -0.25) is 0 Å². The SMILES string of the molecule is CCC(COc1cc(Br)ccc1F)CS(N)(=O)=O. The minimum atomic E-state index is -3.54. The Hall–Kier alpha value is -0.660. The van der Waals surface area contributed by atoms with E-state index in [9.17, 15) is 12.8 Å². The number of sulfonamides is 1. The molecule has 1 aromatic carbocycles. The van der Waals surface area contributed by atoms with Crippen molar-refractivity contribution in [3.8, 4) is 5.75 Å². The van der Waals surface area contributed by atoms with Crippen LogP contribution in [0.25, 0.3) is 0 Å². The first-order valence-corrected chi connectivity index (χ1v) is 7.91. The van der Waals surface area contributed by atoms with Crippen molar-refractivity contribution in [1.29, 1.82) is 0 Å². The molecular weight excluding hydrogens is 325 g/mol. The van der Waals surface area contributed by atoms with Crippen molar-refractivity contribution < 1.29 is 17.5 Å². The van der Waals surface area contributed by atoms with Crippen LogP contribution >= 0.6 is 15.9 Å². The number of hydrogen-bond acceptors (Lipinski definition) is 3. The lowest BCUT2D eigenvalue weighted by atomic mass is 10.1. The van der Waals surface area contributed by atoms with E-state index in [1.807, 2.05) is 6.92 Å². The van der Waals surface area contributed by atoms with Gasteiger partial charge in [-0.15, -0.1) is 0 Å². The van der Waals surface area contributed by atoms with E-state index >= 15 is 0 Å². The highest BCUT2D eigenvalue weighted by Crippen LogP contribution is 2.23. The molecule has 0 radical (unpaired) electrons. The first-order valence-electron chi connectivity index (χ1n) is 5.40. The Bertz CT molecular complexity index is 507. The molecule has 0 amide bonds. The molecule has 0 aliphatic heterocycles. The van der Waals surface area contributed by atoms with E-state index in [0.29, 0.717) is 10.9 Å². The molecule has 1 rings (SSSR count). The predicted octanol–water partition coefficient (Wildman–Crippen LogP) is 2.28.